The first-order valence-corrected chi connectivity index (χ1v) is 17.2. The van der Waals surface area contributed by atoms with E-state index >= 15 is 0 Å². The van der Waals surface area contributed by atoms with Gasteiger partial charge in [-0.3, -0.25) is 13.9 Å². The van der Waals surface area contributed by atoms with Crippen molar-refractivity contribution in [1.29, 1.82) is 0 Å². The van der Waals surface area contributed by atoms with Crippen LogP contribution >= 0.6 is 34.8 Å². The second-order valence-electron chi connectivity index (χ2n) is 11.9. The number of anilines is 1. The van der Waals surface area contributed by atoms with Crippen LogP contribution in [-0.4, -0.2) is 43.3 Å². The Morgan fingerprint density at radius 1 is 0.826 bits per heavy atom. The van der Waals surface area contributed by atoms with Crippen molar-refractivity contribution in [3.8, 4) is 0 Å². The van der Waals surface area contributed by atoms with Crippen molar-refractivity contribution in [1.82, 2.24) is 10.2 Å². The summed E-state index contributed by atoms with van der Waals surface area (Å²) in [5, 5.41) is 3.91. The number of carbonyl (C=O) groups excluding carboxylic acids is 2. The molecule has 1 atom stereocenters. The zero-order valence-electron chi connectivity index (χ0n) is 26.0. The highest BCUT2D eigenvalue weighted by Gasteiger charge is 2.36. The van der Waals surface area contributed by atoms with E-state index in [4.69, 9.17) is 34.8 Å². The maximum absolute atomic E-state index is 14.7. The molecule has 0 heterocycles. The van der Waals surface area contributed by atoms with Crippen LogP contribution in [0.5, 0.6) is 0 Å². The monoisotopic (exact) mass is 699 g/mol. The molecule has 0 aliphatic carbocycles. The number of amides is 2. The Morgan fingerprint density at radius 3 is 2.00 bits per heavy atom. The van der Waals surface area contributed by atoms with E-state index in [9.17, 15) is 18.0 Å². The van der Waals surface area contributed by atoms with E-state index in [-0.39, 0.29) is 23.5 Å². The van der Waals surface area contributed by atoms with Gasteiger partial charge in [-0.25, -0.2) is 8.42 Å². The van der Waals surface area contributed by atoms with E-state index in [0.29, 0.717) is 26.2 Å². The molecule has 242 valence electrons. The maximum Gasteiger partial charge on any atom is 0.264 e. The summed E-state index contributed by atoms with van der Waals surface area (Å²) in [7, 11) is -4.27. The molecule has 46 heavy (non-hydrogen) atoms. The van der Waals surface area contributed by atoms with Crippen molar-refractivity contribution in [2.45, 2.75) is 57.1 Å². The van der Waals surface area contributed by atoms with Gasteiger partial charge in [-0.05, 0) is 75.2 Å². The molecule has 0 saturated heterocycles. The van der Waals surface area contributed by atoms with Gasteiger partial charge in [0.1, 0.15) is 12.6 Å². The van der Waals surface area contributed by atoms with E-state index in [2.05, 4.69) is 5.32 Å². The molecule has 0 bridgehead atoms. The average Bonchev–Trinajstić information content (AvgIpc) is 3.00. The van der Waals surface area contributed by atoms with E-state index in [1.165, 1.54) is 23.1 Å². The van der Waals surface area contributed by atoms with Crippen LogP contribution in [0.25, 0.3) is 0 Å². The number of halogens is 3. The molecule has 0 spiro atoms. The van der Waals surface area contributed by atoms with Crippen LogP contribution in [-0.2, 0) is 32.6 Å². The summed E-state index contributed by atoms with van der Waals surface area (Å²) in [6, 6.07) is 25.9. The van der Waals surface area contributed by atoms with Gasteiger partial charge in [-0.2, -0.15) is 0 Å². The molecular formula is C35H36Cl3N3O4S. The summed E-state index contributed by atoms with van der Waals surface area (Å²) in [6.07, 6.45) is 0.151. The smallest absolute Gasteiger partial charge is 0.264 e. The third-order valence-electron chi connectivity index (χ3n) is 7.21. The van der Waals surface area contributed by atoms with Crippen molar-refractivity contribution >= 4 is 62.3 Å². The largest absolute Gasteiger partial charge is 0.350 e. The zero-order valence-corrected chi connectivity index (χ0v) is 29.1. The summed E-state index contributed by atoms with van der Waals surface area (Å²) in [4.78, 5) is 30.0. The van der Waals surface area contributed by atoms with Crippen molar-refractivity contribution in [3.05, 3.63) is 129 Å². The molecule has 0 aliphatic heterocycles. The topological polar surface area (TPSA) is 86.8 Å². The summed E-state index contributed by atoms with van der Waals surface area (Å²) in [5.41, 5.74) is 1.43. The van der Waals surface area contributed by atoms with E-state index < -0.39 is 40.0 Å². The third kappa shape index (κ3) is 8.82. The van der Waals surface area contributed by atoms with Crippen LogP contribution < -0.4 is 9.62 Å². The molecule has 4 aromatic carbocycles. The van der Waals surface area contributed by atoms with Gasteiger partial charge in [0, 0.05) is 39.1 Å². The molecular weight excluding hydrogens is 665 g/mol. The van der Waals surface area contributed by atoms with Gasteiger partial charge < -0.3 is 10.2 Å². The van der Waals surface area contributed by atoms with Gasteiger partial charge in [0.15, 0.2) is 0 Å². The number of nitrogens with zero attached hydrogens (tertiary/aromatic N) is 2. The van der Waals surface area contributed by atoms with Crippen molar-refractivity contribution in [3.63, 3.8) is 0 Å². The zero-order chi connectivity index (χ0) is 33.6. The highest BCUT2D eigenvalue weighted by atomic mass is 35.5. The fourth-order valence-corrected chi connectivity index (χ4v) is 7.12. The minimum atomic E-state index is -4.27. The van der Waals surface area contributed by atoms with Crippen molar-refractivity contribution in [2.75, 3.05) is 10.8 Å². The normalized spacial score (nSPS) is 12.3. The highest BCUT2D eigenvalue weighted by molar-refractivity contribution is 7.92. The van der Waals surface area contributed by atoms with Crippen molar-refractivity contribution < 1.29 is 18.0 Å². The molecule has 4 aromatic rings. The second-order valence-corrected chi connectivity index (χ2v) is 15.0. The molecule has 0 aliphatic rings. The van der Waals surface area contributed by atoms with Gasteiger partial charge >= 0.3 is 0 Å². The maximum atomic E-state index is 14.7. The predicted octanol–water partition coefficient (Wildman–Crippen LogP) is 7.71. The van der Waals surface area contributed by atoms with Crippen LogP contribution in [0.2, 0.25) is 15.1 Å². The quantitative estimate of drug-likeness (QED) is 0.174. The summed E-state index contributed by atoms with van der Waals surface area (Å²) >= 11 is 19.5. The minimum Gasteiger partial charge on any atom is -0.350 e. The lowest BCUT2D eigenvalue weighted by molar-refractivity contribution is -0.140. The number of benzene rings is 4. The molecule has 0 aromatic heterocycles. The van der Waals surface area contributed by atoms with E-state index in [0.717, 1.165) is 9.87 Å². The van der Waals surface area contributed by atoms with Crippen LogP contribution in [0.3, 0.4) is 0 Å². The lowest BCUT2D eigenvalue weighted by atomic mass is 10.0. The lowest BCUT2D eigenvalue weighted by Crippen LogP contribution is -2.56. The second kappa shape index (κ2) is 14.9. The first kappa shape index (κ1) is 35.3. The van der Waals surface area contributed by atoms with Gasteiger partial charge in [0.05, 0.1) is 10.6 Å². The number of aryl methyl sites for hydroxylation is 1. The Labute approximate surface area is 286 Å². The van der Waals surface area contributed by atoms with Crippen LogP contribution in [0.4, 0.5) is 5.69 Å². The Balaban J connectivity index is 1.88. The minimum absolute atomic E-state index is 0.00538. The van der Waals surface area contributed by atoms with Gasteiger partial charge in [-0.15, -0.1) is 0 Å². The van der Waals surface area contributed by atoms with Crippen LogP contribution in [0.15, 0.2) is 102 Å². The Morgan fingerprint density at radius 2 is 1.41 bits per heavy atom. The molecule has 1 N–H and O–H groups in total. The first-order chi connectivity index (χ1) is 21.7. The molecule has 0 radical (unpaired) electrons. The van der Waals surface area contributed by atoms with Gasteiger partial charge in [0.2, 0.25) is 11.8 Å². The number of hydrogen-bond donors (Lipinski definition) is 1. The SMILES string of the molecule is Cc1ccc(Cl)cc1N(CC(=O)N(Cc1c(Cl)cccc1Cl)[C@H](Cc1ccccc1)C(=O)NC(C)(C)C)S(=O)(=O)c1ccccc1. The van der Waals surface area contributed by atoms with Gasteiger partial charge in [0.25, 0.3) is 10.0 Å². The summed E-state index contributed by atoms with van der Waals surface area (Å²) < 4.78 is 29.4. The van der Waals surface area contributed by atoms with Gasteiger partial charge in [-0.1, -0.05) is 95.5 Å². The first-order valence-electron chi connectivity index (χ1n) is 14.6. The fraction of sp³-hybridized carbons (Fsp3) is 0.257. The third-order valence-corrected chi connectivity index (χ3v) is 9.93. The van der Waals surface area contributed by atoms with E-state index in [1.54, 1.807) is 55.5 Å². The van der Waals surface area contributed by atoms with Crippen LogP contribution in [0.1, 0.15) is 37.5 Å². The molecule has 2 amide bonds. The van der Waals surface area contributed by atoms with E-state index in [1.807, 2.05) is 51.1 Å². The Kier molecular flexibility index (Phi) is 11.4. The summed E-state index contributed by atoms with van der Waals surface area (Å²) in [5.74, 6) is -1.05. The number of nitrogens with one attached hydrogen (secondary N) is 1. The highest BCUT2D eigenvalue weighted by Crippen LogP contribution is 2.31. The lowest BCUT2D eigenvalue weighted by Gasteiger charge is -2.36. The summed E-state index contributed by atoms with van der Waals surface area (Å²) in [6.45, 7) is 6.49. The Bertz CT molecular complexity index is 1780. The molecule has 4 rings (SSSR count). The molecule has 7 nitrogen and oxygen atoms in total. The molecule has 0 saturated carbocycles. The molecule has 0 fully saturated rings. The van der Waals surface area contributed by atoms with Crippen molar-refractivity contribution in [2.24, 2.45) is 0 Å². The fourth-order valence-electron chi connectivity index (χ4n) is 4.94. The molecule has 11 heteroatoms. The number of sulfonamides is 1. The molecule has 0 unspecified atom stereocenters. The average molecular weight is 701 g/mol. The van der Waals surface area contributed by atoms with Crippen LogP contribution in [0, 0.1) is 6.92 Å². The number of carbonyl (C=O) groups is 2. The Hall–Kier alpha value is -3.56. The number of hydrogen-bond acceptors (Lipinski definition) is 4. The predicted molar refractivity (Wildman–Crippen MR) is 186 cm³/mol. The standard InChI is InChI=1S/C35H36Cl3N3O4S/c1-24-18-19-26(36)21-31(24)41(46(44,45)27-14-9-6-10-15-27)23-33(42)40(22-28-29(37)16-11-17-30(28)38)32(34(43)39-35(2,3)4)20-25-12-7-5-8-13-25/h5-19,21,32H,20,22-23H2,1-4H3,(H,39,43)/t32-/m1/s1. The number of rotatable bonds is 11.